The van der Waals surface area contributed by atoms with Crippen LogP contribution < -0.4 is 0 Å². The fourth-order valence-electron chi connectivity index (χ4n) is 2.67. The van der Waals surface area contributed by atoms with E-state index in [1.807, 2.05) is 0 Å². The maximum absolute atomic E-state index is 5.14. The molecule has 16 heavy (non-hydrogen) atoms. The van der Waals surface area contributed by atoms with Crippen molar-refractivity contribution in [2.45, 2.75) is 51.7 Å². The topological polar surface area (TPSA) is 15.7 Å². The van der Waals surface area contributed by atoms with Crippen LogP contribution >= 0.6 is 0 Å². The third kappa shape index (κ3) is 3.44. The highest BCUT2D eigenvalue weighted by Gasteiger charge is 2.36. The van der Waals surface area contributed by atoms with Crippen molar-refractivity contribution in [2.24, 2.45) is 0 Å². The smallest absolute Gasteiger partial charge is 0.0589 e. The minimum absolute atomic E-state index is 0.288. The number of ether oxygens (including phenoxy) is 1. The summed E-state index contributed by atoms with van der Waals surface area (Å²) in [6.07, 6.45) is 1.28. The summed E-state index contributed by atoms with van der Waals surface area (Å²) >= 11 is 0. The molecule has 0 radical (unpaired) electrons. The average molecular weight is 228 g/mol. The molecule has 0 spiro atoms. The molecule has 0 saturated carbocycles. The van der Waals surface area contributed by atoms with Crippen molar-refractivity contribution in [1.82, 2.24) is 9.80 Å². The lowest BCUT2D eigenvalue weighted by Gasteiger charge is -2.35. The molecule has 0 aliphatic carbocycles. The summed E-state index contributed by atoms with van der Waals surface area (Å²) in [5, 5.41) is 0. The zero-order valence-corrected chi connectivity index (χ0v) is 11.8. The Labute approximate surface area is 101 Å². The molecule has 3 heteroatoms. The molecule has 1 rings (SSSR count). The Morgan fingerprint density at radius 3 is 2.44 bits per heavy atom. The van der Waals surface area contributed by atoms with Crippen LogP contribution in [0.3, 0.4) is 0 Å². The molecule has 1 fully saturated rings. The predicted octanol–water partition coefficient (Wildman–Crippen LogP) is 1.83. The van der Waals surface area contributed by atoms with Crippen LogP contribution in [0.25, 0.3) is 0 Å². The zero-order valence-electron chi connectivity index (χ0n) is 11.8. The predicted molar refractivity (Wildman–Crippen MR) is 68.8 cm³/mol. The third-order valence-corrected chi connectivity index (χ3v) is 3.69. The Kier molecular flexibility index (Phi) is 4.77. The van der Waals surface area contributed by atoms with Gasteiger partial charge in [-0.1, -0.05) is 0 Å². The van der Waals surface area contributed by atoms with Gasteiger partial charge in [0.2, 0.25) is 0 Å². The van der Waals surface area contributed by atoms with E-state index in [-0.39, 0.29) is 5.54 Å². The largest absolute Gasteiger partial charge is 0.383 e. The molecule has 1 aliphatic heterocycles. The first kappa shape index (κ1) is 13.9. The van der Waals surface area contributed by atoms with Crippen LogP contribution in [0.2, 0.25) is 0 Å². The number of hydrogen-bond acceptors (Lipinski definition) is 3. The van der Waals surface area contributed by atoms with E-state index in [1.165, 1.54) is 13.0 Å². The fraction of sp³-hybridized carbons (Fsp3) is 1.00. The second-order valence-corrected chi connectivity index (χ2v) is 6.04. The molecule has 0 N–H and O–H groups in total. The standard InChI is InChI=1S/C13H28N2O/c1-11-9-12(14(5)7-8-16-6)10-15(11)13(2,3)4/h11-12H,7-10H2,1-6H3/t11-,12+/m1/s1. The molecule has 0 amide bonds. The minimum Gasteiger partial charge on any atom is -0.383 e. The molecule has 1 saturated heterocycles. The van der Waals surface area contributed by atoms with Gasteiger partial charge < -0.3 is 4.74 Å². The van der Waals surface area contributed by atoms with Gasteiger partial charge in [-0.15, -0.1) is 0 Å². The molecule has 0 bridgehead atoms. The van der Waals surface area contributed by atoms with Crippen LogP contribution in [0.4, 0.5) is 0 Å². The van der Waals surface area contributed by atoms with Crippen LogP contribution in [0.15, 0.2) is 0 Å². The second-order valence-electron chi connectivity index (χ2n) is 6.04. The second kappa shape index (κ2) is 5.48. The van der Waals surface area contributed by atoms with E-state index in [0.717, 1.165) is 13.2 Å². The number of rotatable bonds is 4. The van der Waals surface area contributed by atoms with E-state index < -0.39 is 0 Å². The van der Waals surface area contributed by atoms with E-state index in [0.29, 0.717) is 12.1 Å². The van der Waals surface area contributed by atoms with Gasteiger partial charge in [-0.25, -0.2) is 0 Å². The monoisotopic (exact) mass is 228 g/mol. The molecular formula is C13H28N2O. The van der Waals surface area contributed by atoms with E-state index in [4.69, 9.17) is 4.74 Å². The highest BCUT2D eigenvalue weighted by atomic mass is 16.5. The van der Waals surface area contributed by atoms with E-state index in [2.05, 4.69) is 44.5 Å². The third-order valence-electron chi connectivity index (χ3n) is 3.69. The Bertz CT molecular complexity index is 212. The Balaban J connectivity index is 2.49. The molecule has 2 atom stereocenters. The van der Waals surface area contributed by atoms with E-state index >= 15 is 0 Å². The van der Waals surface area contributed by atoms with Crippen molar-refractivity contribution in [3.8, 4) is 0 Å². The van der Waals surface area contributed by atoms with Crippen molar-refractivity contribution >= 4 is 0 Å². The molecule has 0 aromatic carbocycles. The van der Waals surface area contributed by atoms with Gasteiger partial charge in [-0.05, 0) is 41.2 Å². The Morgan fingerprint density at radius 2 is 2.00 bits per heavy atom. The molecule has 1 aliphatic rings. The van der Waals surface area contributed by atoms with Gasteiger partial charge in [0.15, 0.2) is 0 Å². The Hall–Kier alpha value is -0.120. The quantitative estimate of drug-likeness (QED) is 0.730. The summed E-state index contributed by atoms with van der Waals surface area (Å²) in [5.74, 6) is 0. The minimum atomic E-state index is 0.288. The van der Waals surface area contributed by atoms with Gasteiger partial charge in [-0.2, -0.15) is 0 Å². The zero-order chi connectivity index (χ0) is 12.3. The number of likely N-dealkylation sites (N-methyl/N-ethyl adjacent to an activating group) is 1. The molecule has 0 aromatic heterocycles. The van der Waals surface area contributed by atoms with Crippen molar-refractivity contribution in [3.05, 3.63) is 0 Å². The van der Waals surface area contributed by atoms with Crippen LogP contribution in [-0.2, 0) is 4.74 Å². The molecule has 3 nitrogen and oxygen atoms in total. The van der Waals surface area contributed by atoms with E-state index in [9.17, 15) is 0 Å². The summed E-state index contributed by atoms with van der Waals surface area (Å²) in [5.41, 5.74) is 0.288. The van der Waals surface area contributed by atoms with Crippen LogP contribution in [0.5, 0.6) is 0 Å². The summed E-state index contributed by atoms with van der Waals surface area (Å²) in [6.45, 7) is 12.3. The molecule has 96 valence electrons. The number of likely N-dealkylation sites (tertiary alicyclic amines) is 1. The fourth-order valence-corrected chi connectivity index (χ4v) is 2.67. The highest BCUT2D eigenvalue weighted by Crippen LogP contribution is 2.28. The van der Waals surface area contributed by atoms with Gasteiger partial charge in [0.1, 0.15) is 0 Å². The first-order valence-corrected chi connectivity index (χ1v) is 6.32. The van der Waals surface area contributed by atoms with Crippen molar-refractivity contribution < 1.29 is 4.74 Å². The number of nitrogens with zero attached hydrogens (tertiary/aromatic N) is 2. The maximum Gasteiger partial charge on any atom is 0.0589 e. The summed E-state index contributed by atoms with van der Waals surface area (Å²) in [6, 6.07) is 1.37. The van der Waals surface area contributed by atoms with Crippen molar-refractivity contribution in [2.75, 3.05) is 33.9 Å². The number of methoxy groups -OCH3 is 1. The first-order valence-electron chi connectivity index (χ1n) is 6.32. The van der Waals surface area contributed by atoms with Gasteiger partial charge >= 0.3 is 0 Å². The van der Waals surface area contributed by atoms with Gasteiger partial charge in [-0.3, -0.25) is 9.80 Å². The summed E-state index contributed by atoms with van der Waals surface area (Å²) in [4.78, 5) is 5.05. The molecular weight excluding hydrogens is 200 g/mol. The lowest BCUT2D eigenvalue weighted by molar-refractivity contribution is 0.111. The van der Waals surface area contributed by atoms with E-state index in [1.54, 1.807) is 7.11 Å². The Morgan fingerprint density at radius 1 is 1.38 bits per heavy atom. The first-order chi connectivity index (χ1) is 7.36. The summed E-state index contributed by atoms with van der Waals surface area (Å²) < 4.78 is 5.14. The van der Waals surface area contributed by atoms with Crippen LogP contribution in [-0.4, -0.2) is 61.3 Å². The average Bonchev–Trinajstić information content (AvgIpc) is 2.56. The molecule has 1 heterocycles. The van der Waals surface area contributed by atoms with Gasteiger partial charge in [0, 0.05) is 37.8 Å². The summed E-state index contributed by atoms with van der Waals surface area (Å²) in [7, 11) is 3.98. The van der Waals surface area contributed by atoms with Crippen molar-refractivity contribution in [1.29, 1.82) is 0 Å². The highest BCUT2D eigenvalue weighted by molar-refractivity contribution is 4.93. The SMILES string of the molecule is COCCN(C)[C@H]1C[C@@H](C)N(C(C)(C)C)C1. The normalized spacial score (nSPS) is 27.9. The van der Waals surface area contributed by atoms with Gasteiger partial charge in [0.25, 0.3) is 0 Å². The molecule has 0 aromatic rings. The van der Waals surface area contributed by atoms with Gasteiger partial charge in [0.05, 0.1) is 6.61 Å². The number of hydrogen-bond donors (Lipinski definition) is 0. The lowest BCUT2D eigenvalue weighted by atomic mass is 10.1. The maximum atomic E-state index is 5.14. The molecule has 0 unspecified atom stereocenters. The van der Waals surface area contributed by atoms with Crippen LogP contribution in [0, 0.1) is 0 Å². The lowest BCUT2D eigenvalue weighted by Crippen LogP contribution is -2.45. The van der Waals surface area contributed by atoms with Crippen LogP contribution in [0.1, 0.15) is 34.1 Å². The van der Waals surface area contributed by atoms with Crippen molar-refractivity contribution in [3.63, 3.8) is 0 Å².